The Morgan fingerprint density at radius 2 is 1.61 bits per heavy atom. The average Bonchev–Trinajstić information content (AvgIpc) is 2.93. The van der Waals surface area contributed by atoms with Gasteiger partial charge in [-0.15, -0.1) is 0 Å². The summed E-state index contributed by atoms with van der Waals surface area (Å²) >= 11 is 0. The van der Waals surface area contributed by atoms with Crippen LogP contribution in [0.3, 0.4) is 0 Å². The minimum atomic E-state index is -4.67. The quantitative estimate of drug-likeness (QED) is 0.449. The van der Waals surface area contributed by atoms with Gasteiger partial charge in [-0.1, -0.05) is 12.8 Å². The Hall–Kier alpha value is -3.61. The molecule has 10 nitrogen and oxygen atoms in total. The predicted molar refractivity (Wildman–Crippen MR) is 151 cm³/mol. The Bertz CT molecular complexity index is 1200. The number of halogens is 3. The lowest BCUT2D eigenvalue weighted by molar-refractivity contribution is -0.137. The van der Waals surface area contributed by atoms with E-state index in [1.54, 1.807) is 43.3 Å². The Morgan fingerprint density at radius 3 is 2.22 bits per heavy atom. The molecule has 1 saturated carbocycles. The molecule has 2 aliphatic rings. The summed E-state index contributed by atoms with van der Waals surface area (Å²) in [7, 11) is 7.11. The van der Waals surface area contributed by atoms with E-state index in [1.807, 2.05) is 7.05 Å². The van der Waals surface area contributed by atoms with Gasteiger partial charge in [-0.2, -0.15) is 18.2 Å². The summed E-state index contributed by atoms with van der Waals surface area (Å²) in [5.41, 5.74) is 0.0722. The molecule has 2 fully saturated rings. The van der Waals surface area contributed by atoms with Crippen molar-refractivity contribution in [3.63, 3.8) is 0 Å². The largest absolute Gasteiger partial charge is 0.421 e. The summed E-state index contributed by atoms with van der Waals surface area (Å²) in [6.45, 7) is 1.89. The van der Waals surface area contributed by atoms with Gasteiger partial charge in [0.05, 0.1) is 6.04 Å². The highest BCUT2D eigenvalue weighted by Crippen LogP contribution is 2.35. The van der Waals surface area contributed by atoms with Crippen molar-refractivity contribution in [2.24, 2.45) is 0 Å². The van der Waals surface area contributed by atoms with E-state index in [9.17, 15) is 22.8 Å². The zero-order chi connectivity index (χ0) is 29.7. The van der Waals surface area contributed by atoms with E-state index in [1.165, 1.54) is 4.90 Å². The monoisotopic (exact) mass is 576 g/mol. The molecular weight excluding hydrogens is 537 g/mol. The summed E-state index contributed by atoms with van der Waals surface area (Å²) in [5.74, 6) is -0.447. The van der Waals surface area contributed by atoms with Crippen LogP contribution in [0.2, 0.25) is 0 Å². The number of piperidine rings is 1. The normalized spacial score (nSPS) is 20.3. The summed E-state index contributed by atoms with van der Waals surface area (Å²) in [4.78, 5) is 38.7. The maximum Gasteiger partial charge on any atom is 0.421 e. The van der Waals surface area contributed by atoms with Crippen molar-refractivity contribution in [2.45, 2.75) is 62.8 Å². The summed E-state index contributed by atoms with van der Waals surface area (Å²) in [5, 5.41) is 8.79. The Morgan fingerprint density at radius 1 is 0.976 bits per heavy atom. The molecule has 3 amide bonds. The summed E-state index contributed by atoms with van der Waals surface area (Å²) < 4.78 is 41.6. The number of anilines is 3. The molecule has 0 spiro atoms. The Labute approximate surface area is 238 Å². The van der Waals surface area contributed by atoms with Gasteiger partial charge in [-0.25, -0.2) is 9.78 Å². The van der Waals surface area contributed by atoms with Crippen molar-refractivity contribution in [1.29, 1.82) is 0 Å². The second-order valence-electron chi connectivity index (χ2n) is 11.1. The SMILES string of the molecule is CN1CCC(N(C)C(=O)c2ccc(Nc3ncc(C(F)(F)F)c(N[C@@H]4CCCC[C@@H]4NC(=O)N(C)C)n3)cc2)CC1. The fourth-order valence-electron chi connectivity index (χ4n) is 5.28. The topological polar surface area (TPSA) is 106 Å². The average molecular weight is 577 g/mol. The number of amides is 3. The van der Waals surface area contributed by atoms with E-state index in [0.29, 0.717) is 24.1 Å². The summed E-state index contributed by atoms with van der Waals surface area (Å²) in [6.07, 6.45) is 0.846. The standard InChI is InChI=1S/C28H39F3N8O2/c1-37(2)27(41)35-23-8-6-5-7-22(23)34-24-21(28(29,30)31)17-32-26(36-24)33-19-11-9-18(10-12-19)25(40)39(4)20-13-15-38(3)16-14-20/h9-12,17,20,22-23H,5-8,13-16H2,1-4H3,(H,35,41)(H2,32,33,34,36)/t22-,23+/m1/s1. The van der Waals surface area contributed by atoms with Gasteiger partial charge in [-0.05, 0) is 70.1 Å². The van der Waals surface area contributed by atoms with Crippen LogP contribution in [0.15, 0.2) is 30.5 Å². The third kappa shape index (κ3) is 7.78. The number of nitrogens with zero attached hydrogens (tertiary/aromatic N) is 5. The van der Waals surface area contributed by atoms with Crippen LogP contribution in [0.4, 0.5) is 35.4 Å². The van der Waals surface area contributed by atoms with Gasteiger partial charge in [0, 0.05) is 50.7 Å². The number of benzene rings is 1. The van der Waals surface area contributed by atoms with Gasteiger partial charge in [0.1, 0.15) is 11.4 Å². The van der Waals surface area contributed by atoms with Crippen molar-refractivity contribution < 1.29 is 22.8 Å². The van der Waals surface area contributed by atoms with Crippen LogP contribution < -0.4 is 16.0 Å². The molecule has 41 heavy (non-hydrogen) atoms. The minimum Gasteiger partial charge on any atom is -0.365 e. The lowest BCUT2D eigenvalue weighted by atomic mass is 9.90. The zero-order valence-electron chi connectivity index (χ0n) is 24.0. The fourth-order valence-corrected chi connectivity index (χ4v) is 5.28. The van der Waals surface area contributed by atoms with Crippen LogP contribution >= 0.6 is 0 Å². The molecule has 0 unspecified atom stereocenters. The molecule has 0 radical (unpaired) electrons. The Balaban J connectivity index is 1.48. The molecule has 1 aromatic heterocycles. The molecule has 2 aromatic rings. The maximum absolute atomic E-state index is 13.9. The number of nitrogens with one attached hydrogen (secondary N) is 3. The first-order valence-electron chi connectivity index (χ1n) is 13.9. The molecule has 1 aromatic carbocycles. The third-order valence-electron chi connectivity index (χ3n) is 7.84. The molecule has 1 aliphatic heterocycles. The number of carbonyl (C=O) groups excluding carboxylic acids is 2. The number of likely N-dealkylation sites (tertiary alicyclic amines) is 1. The van der Waals surface area contributed by atoms with Crippen LogP contribution in [0.1, 0.15) is 54.4 Å². The van der Waals surface area contributed by atoms with Gasteiger partial charge in [0.25, 0.3) is 5.91 Å². The van der Waals surface area contributed by atoms with Crippen molar-refractivity contribution in [1.82, 2.24) is 30.0 Å². The Kier molecular flexibility index (Phi) is 9.57. The second-order valence-corrected chi connectivity index (χ2v) is 11.1. The van der Waals surface area contributed by atoms with Crippen molar-refractivity contribution in [3.05, 3.63) is 41.6 Å². The number of urea groups is 1. The van der Waals surface area contributed by atoms with Gasteiger partial charge in [-0.3, -0.25) is 4.79 Å². The van der Waals surface area contributed by atoms with E-state index >= 15 is 0 Å². The molecular formula is C28H39F3N8O2. The van der Waals surface area contributed by atoms with Crippen molar-refractivity contribution >= 4 is 29.4 Å². The molecule has 1 aliphatic carbocycles. The molecule has 224 valence electrons. The van der Waals surface area contributed by atoms with E-state index in [4.69, 9.17) is 0 Å². The molecule has 1 saturated heterocycles. The van der Waals surface area contributed by atoms with Gasteiger partial charge >= 0.3 is 12.2 Å². The molecule has 0 bridgehead atoms. The predicted octanol–water partition coefficient (Wildman–Crippen LogP) is 4.40. The fraction of sp³-hybridized carbons (Fsp3) is 0.571. The number of aromatic nitrogens is 2. The molecule has 2 heterocycles. The first-order chi connectivity index (χ1) is 19.4. The summed E-state index contributed by atoms with van der Waals surface area (Å²) in [6, 6.07) is 5.83. The molecule has 4 rings (SSSR count). The lowest BCUT2D eigenvalue weighted by Gasteiger charge is -2.35. The van der Waals surface area contributed by atoms with Gasteiger partial charge in [0.2, 0.25) is 5.95 Å². The van der Waals surface area contributed by atoms with Crippen LogP contribution in [-0.2, 0) is 6.18 Å². The number of hydrogen-bond acceptors (Lipinski definition) is 7. The second kappa shape index (κ2) is 12.9. The van der Waals surface area contributed by atoms with Crippen LogP contribution in [0.5, 0.6) is 0 Å². The smallest absolute Gasteiger partial charge is 0.365 e. The zero-order valence-corrected chi connectivity index (χ0v) is 24.0. The van der Waals surface area contributed by atoms with E-state index in [0.717, 1.165) is 45.0 Å². The molecule has 3 N–H and O–H groups in total. The number of hydrogen-bond donors (Lipinski definition) is 3. The minimum absolute atomic E-state index is 0.0206. The van der Waals surface area contributed by atoms with Gasteiger partial charge < -0.3 is 30.7 Å². The molecule has 13 heteroatoms. The highest BCUT2D eigenvalue weighted by Gasteiger charge is 2.37. The van der Waals surface area contributed by atoms with Crippen molar-refractivity contribution in [2.75, 3.05) is 51.9 Å². The maximum atomic E-state index is 13.9. The first-order valence-corrected chi connectivity index (χ1v) is 13.9. The first kappa shape index (κ1) is 30.4. The van der Waals surface area contributed by atoms with E-state index in [2.05, 4.69) is 37.9 Å². The third-order valence-corrected chi connectivity index (χ3v) is 7.84. The van der Waals surface area contributed by atoms with Crippen LogP contribution in [0.25, 0.3) is 0 Å². The number of alkyl halides is 3. The van der Waals surface area contributed by atoms with Crippen LogP contribution in [-0.4, -0.2) is 96.0 Å². The molecule has 2 atom stereocenters. The number of rotatable bonds is 7. The van der Waals surface area contributed by atoms with Gasteiger partial charge in [0.15, 0.2) is 0 Å². The van der Waals surface area contributed by atoms with E-state index in [-0.39, 0.29) is 35.8 Å². The van der Waals surface area contributed by atoms with E-state index < -0.39 is 17.8 Å². The van der Waals surface area contributed by atoms with Crippen molar-refractivity contribution in [3.8, 4) is 0 Å². The highest BCUT2D eigenvalue weighted by molar-refractivity contribution is 5.94. The lowest BCUT2D eigenvalue weighted by Crippen LogP contribution is -2.51. The van der Waals surface area contributed by atoms with Crippen LogP contribution in [0, 0.1) is 0 Å². The highest BCUT2D eigenvalue weighted by atomic mass is 19.4. The number of carbonyl (C=O) groups is 2.